The second-order valence-corrected chi connectivity index (χ2v) is 11.3. The average Bonchev–Trinajstić information content (AvgIpc) is 2.84. The van der Waals surface area contributed by atoms with Crippen molar-refractivity contribution >= 4 is 27.5 Å². The summed E-state index contributed by atoms with van der Waals surface area (Å²) < 4.78 is 40.5. The summed E-state index contributed by atoms with van der Waals surface area (Å²) in [5.74, 6) is -1.57. The number of carbonyl (C=O) groups excluding carboxylic acids is 2. The Bertz CT molecular complexity index is 1170. The van der Waals surface area contributed by atoms with Crippen LogP contribution in [0.4, 0.5) is 10.1 Å². The van der Waals surface area contributed by atoms with Crippen molar-refractivity contribution < 1.29 is 22.4 Å². The molecule has 196 valence electrons. The van der Waals surface area contributed by atoms with Gasteiger partial charge in [0.05, 0.1) is 11.9 Å². The highest BCUT2D eigenvalue weighted by molar-refractivity contribution is 7.92. The molecule has 0 heterocycles. The molecule has 0 aliphatic heterocycles. The summed E-state index contributed by atoms with van der Waals surface area (Å²) in [5.41, 5.74) is 1.60. The summed E-state index contributed by atoms with van der Waals surface area (Å²) in [6.45, 7) is 3.27. The van der Waals surface area contributed by atoms with Crippen LogP contribution < -0.4 is 9.62 Å². The quantitative estimate of drug-likeness (QED) is 0.513. The van der Waals surface area contributed by atoms with E-state index in [0.717, 1.165) is 59.9 Å². The maximum Gasteiger partial charge on any atom is 0.244 e. The number of para-hydroxylation sites is 1. The first-order valence-corrected chi connectivity index (χ1v) is 14.3. The molecule has 0 aromatic heterocycles. The van der Waals surface area contributed by atoms with E-state index in [1.54, 1.807) is 0 Å². The first-order valence-electron chi connectivity index (χ1n) is 12.5. The van der Waals surface area contributed by atoms with E-state index in [9.17, 15) is 22.4 Å². The lowest BCUT2D eigenvalue weighted by molar-refractivity contribution is -0.140. The van der Waals surface area contributed by atoms with Gasteiger partial charge in [0.2, 0.25) is 21.8 Å². The molecule has 9 heteroatoms. The summed E-state index contributed by atoms with van der Waals surface area (Å²) in [6, 6.07) is 12.3. The molecule has 1 aliphatic carbocycles. The number of rotatable bonds is 10. The molecule has 36 heavy (non-hydrogen) atoms. The molecule has 2 aromatic rings. The van der Waals surface area contributed by atoms with Crippen molar-refractivity contribution in [3.63, 3.8) is 0 Å². The van der Waals surface area contributed by atoms with Crippen molar-refractivity contribution in [1.29, 1.82) is 0 Å². The largest absolute Gasteiger partial charge is 0.352 e. The zero-order valence-electron chi connectivity index (χ0n) is 21.2. The van der Waals surface area contributed by atoms with Crippen LogP contribution >= 0.6 is 0 Å². The van der Waals surface area contributed by atoms with Gasteiger partial charge in [-0.05, 0) is 49.4 Å². The summed E-state index contributed by atoms with van der Waals surface area (Å²) >= 11 is 0. The van der Waals surface area contributed by atoms with Crippen LogP contribution in [-0.4, -0.2) is 50.0 Å². The standard InChI is InChI=1S/C27H36FN3O4S/c1-4-24(27(33)29-22-14-6-5-7-15-22)30(18-21-13-9-8-12-20(21)2)26(32)19-31(36(3,34)35)25-17-11-10-16-23(25)28/h8-13,16-17,22,24H,4-7,14-15,18-19H2,1-3H3,(H,29,33)/t24-/m1/s1. The van der Waals surface area contributed by atoms with E-state index >= 15 is 0 Å². The highest BCUT2D eigenvalue weighted by atomic mass is 32.2. The highest BCUT2D eigenvalue weighted by Crippen LogP contribution is 2.23. The number of anilines is 1. The predicted octanol–water partition coefficient (Wildman–Crippen LogP) is 4.16. The number of carbonyl (C=O) groups is 2. The van der Waals surface area contributed by atoms with Gasteiger partial charge < -0.3 is 10.2 Å². The molecule has 2 aromatic carbocycles. The second-order valence-electron chi connectivity index (χ2n) is 9.44. The van der Waals surface area contributed by atoms with E-state index in [-0.39, 0.29) is 24.2 Å². The summed E-state index contributed by atoms with van der Waals surface area (Å²) in [7, 11) is -3.98. The average molecular weight is 518 g/mol. The molecule has 0 spiro atoms. The number of aryl methyl sites for hydroxylation is 1. The van der Waals surface area contributed by atoms with Crippen molar-refractivity contribution in [3.8, 4) is 0 Å². The third-order valence-electron chi connectivity index (χ3n) is 6.74. The summed E-state index contributed by atoms with van der Waals surface area (Å²) in [4.78, 5) is 28.5. The third kappa shape index (κ3) is 7.06. The SMILES string of the molecule is CC[C@H](C(=O)NC1CCCCC1)N(Cc1ccccc1C)C(=O)CN(c1ccccc1F)S(C)(=O)=O. The van der Waals surface area contributed by atoms with Crippen molar-refractivity contribution in [3.05, 3.63) is 65.5 Å². The van der Waals surface area contributed by atoms with Crippen LogP contribution in [0.3, 0.4) is 0 Å². The van der Waals surface area contributed by atoms with Gasteiger partial charge in [-0.15, -0.1) is 0 Å². The number of benzene rings is 2. The van der Waals surface area contributed by atoms with E-state index in [1.165, 1.54) is 23.1 Å². The maximum absolute atomic E-state index is 14.5. The van der Waals surface area contributed by atoms with Crippen molar-refractivity contribution in [1.82, 2.24) is 10.2 Å². The van der Waals surface area contributed by atoms with Gasteiger partial charge in [-0.25, -0.2) is 12.8 Å². The van der Waals surface area contributed by atoms with Crippen LogP contribution in [0.2, 0.25) is 0 Å². The molecule has 2 amide bonds. The second kappa shape index (κ2) is 12.3. The monoisotopic (exact) mass is 517 g/mol. The Labute approximate surface area is 213 Å². The topological polar surface area (TPSA) is 86.8 Å². The minimum Gasteiger partial charge on any atom is -0.352 e. The Kier molecular flexibility index (Phi) is 9.48. The Morgan fingerprint density at radius 3 is 2.31 bits per heavy atom. The Morgan fingerprint density at radius 2 is 1.69 bits per heavy atom. The van der Waals surface area contributed by atoms with Gasteiger partial charge >= 0.3 is 0 Å². The summed E-state index contributed by atoms with van der Waals surface area (Å²) in [5, 5.41) is 3.11. The van der Waals surface area contributed by atoms with Gasteiger partial charge in [-0.3, -0.25) is 13.9 Å². The van der Waals surface area contributed by atoms with Crippen LogP contribution in [-0.2, 0) is 26.2 Å². The fourth-order valence-electron chi connectivity index (χ4n) is 4.68. The highest BCUT2D eigenvalue weighted by Gasteiger charge is 2.33. The fraction of sp³-hybridized carbons (Fsp3) is 0.481. The normalized spacial score (nSPS) is 15.2. The number of sulfonamides is 1. The van der Waals surface area contributed by atoms with E-state index in [4.69, 9.17) is 0 Å². The lowest BCUT2D eigenvalue weighted by Gasteiger charge is -2.34. The number of nitrogens with zero attached hydrogens (tertiary/aromatic N) is 2. The molecule has 0 saturated heterocycles. The molecule has 0 unspecified atom stereocenters. The molecule has 3 rings (SSSR count). The molecular formula is C27H36FN3O4S. The minimum atomic E-state index is -3.98. The van der Waals surface area contributed by atoms with Crippen LogP contribution in [0.25, 0.3) is 0 Å². The Hall–Kier alpha value is -2.94. The first kappa shape index (κ1) is 27.6. The molecule has 1 fully saturated rings. The molecule has 0 radical (unpaired) electrons. The Balaban J connectivity index is 1.93. The first-order chi connectivity index (χ1) is 17.1. The van der Waals surface area contributed by atoms with Gasteiger partial charge in [0, 0.05) is 12.6 Å². The number of hydrogen-bond donors (Lipinski definition) is 1. The smallest absolute Gasteiger partial charge is 0.244 e. The lowest BCUT2D eigenvalue weighted by Crippen LogP contribution is -2.54. The zero-order valence-corrected chi connectivity index (χ0v) is 22.1. The number of nitrogens with one attached hydrogen (secondary N) is 1. The molecule has 1 atom stereocenters. The molecule has 7 nitrogen and oxygen atoms in total. The molecule has 0 bridgehead atoms. The molecule has 1 saturated carbocycles. The number of amides is 2. The van der Waals surface area contributed by atoms with Gasteiger partial charge in [0.25, 0.3) is 0 Å². The lowest BCUT2D eigenvalue weighted by atomic mass is 9.95. The Morgan fingerprint density at radius 1 is 1.06 bits per heavy atom. The third-order valence-corrected chi connectivity index (χ3v) is 7.87. The predicted molar refractivity (Wildman–Crippen MR) is 139 cm³/mol. The van der Waals surface area contributed by atoms with Gasteiger partial charge in [-0.1, -0.05) is 62.6 Å². The van der Waals surface area contributed by atoms with Crippen LogP contribution in [0, 0.1) is 12.7 Å². The van der Waals surface area contributed by atoms with Gasteiger partial charge in [-0.2, -0.15) is 0 Å². The van der Waals surface area contributed by atoms with Crippen molar-refractivity contribution in [2.45, 2.75) is 71.0 Å². The van der Waals surface area contributed by atoms with Crippen LogP contribution in [0.5, 0.6) is 0 Å². The zero-order chi connectivity index (χ0) is 26.3. The molecular weight excluding hydrogens is 481 g/mol. The van der Waals surface area contributed by atoms with E-state index < -0.39 is 34.3 Å². The van der Waals surface area contributed by atoms with E-state index in [1.807, 2.05) is 38.1 Å². The number of hydrogen-bond acceptors (Lipinski definition) is 4. The van der Waals surface area contributed by atoms with Crippen LogP contribution in [0.15, 0.2) is 48.5 Å². The van der Waals surface area contributed by atoms with Gasteiger partial charge in [0.15, 0.2) is 0 Å². The van der Waals surface area contributed by atoms with Crippen molar-refractivity contribution in [2.75, 3.05) is 17.1 Å². The fourth-order valence-corrected chi connectivity index (χ4v) is 5.53. The van der Waals surface area contributed by atoms with Gasteiger partial charge in [0.1, 0.15) is 18.4 Å². The maximum atomic E-state index is 14.5. The number of halogens is 1. The van der Waals surface area contributed by atoms with E-state index in [0.29, 0.717) is 6.42 Å². The summed E-state index contributed by atoms with van der Waals surface area (Å²) in [6.07, 6.45) is 6.37. The molecule has 1 aliphatic rings. The minimum absolute atomic E-state index is 0.0710. The van der Waals surface area contributed by atoms with Crippen molar-refractivity contribution in [2.24, 2.45) is 0 Å². The van der Waals surface area contributed by atoms with E-state index in [2.05, 4.69) is 5.32 Å². The molecule has 1 N–H and O–H groups in total. The van der Waals surface area contributed by atoms with Crippen LogP contribution in [0.1, 0.15) is 56.6 Å².